The van der Waals surface area contributed by atoms with Crippen LogP contribution in [0.25, 0.3) is 38.2 Å². The summed E-state index contributed by atoms with van der Waals surface area (Å²) >= 11 is 0. The summed E-state index contributed by atoms with van der Waals surface area (Å²) in [7, 11) is 0. The van der Waals surface area contributed by atoms with Gasteiger partial charge in [-0.05, 0) is 46.0 Å². The SMILES string of the molecule is Oc1c(O)c(-c2c3ccccc3cc3ccccc23)c(O)c(O)c1C1=CCCC=C1. The van der Waals surface area contributed by atoms with Crippen molar-refractivity contribution < 1.29 is 20.4 Å². The largest absolute Gasteiger partial charge is 0.504 e. The van der Waals surface area contributed by atoms with E-state index in [1.54, 1.807) is 6.08 Å². The summed E-state index contributed by atoms with van der Waals surface area (Å²) in [5, 5.41) is 47.2. The van der Waals surface area contributed by atoms with Crippen molar-refractivity contribution in [1.29, 1.82) is 0 Å². The number of phenols is 4. The van der Waals surface area contributed by atoms with Crippen LogP contribution in [0.2, 0.25) is 0 Å². The van der Waals surface area contributed by atoms with Gasteiger partial charge >= 0.3 is 0 Å². The average Bonchev–Trinajstić information content (AvgIpc) is 2.78. The predicted octanol–water partition coefficient (Wildman–Crippen LogP) is 6.22. The molecule has 4 heteroatoms. The Morgan fingerprint density at radius 3 is 1.63 bits per heavy atom. The van der Waals surface area contributed by atoms with Crippen molar-refractivity contribution >= 4 is 27.1 Å². The Balaban J connectivity index is 1.91. The van der Waals surface area contributed by atoms with E-state index in [-0.39, 0.29) is 11.1 Å². The molecule has 0 aromatic heterocycles. The fraction of sp³-hybridized carbons (Fsp3) is 0.0769. The lowest BCUT2D eigenvalue weighted by molar-refractivity contribution is 0.374. The molecule has 0 unspecified atom stereocenters. The van der Waals surface area contributed by atoms with Crippen molar-refractivity contribution in [2.45, 2.75) is 12.8 Å². The molecule has 4 aromatic carbocycles. The molecule has 0 atom stereocenters. The second-order valence-electron chi connectivity index (χ2n) is 7.48. The minimum absolute atomic E-state index is 0.0159. The van der Waals surface area contributed by atoms with Crippen molar-refractivity contribution in [1.82, 2.24) is 0 Å². The van der Waals surface area contributed by atoms with E-state index in [0.29, 0.717) is 11.1 Å². The van der Waals surface area contributed by atoms with E-state index in [1.807, 2.05) is 66.7 Å². The molecule has 0 saturated heterocycles. The third-order valence-corrected chi connectivity index (χ3v) is 5.70. The maximum atomic E-state index is 11.0. The third-order valence-electron chi connectivity index (χ3n) is 5.70. The number of phenolic OH excluding ortho intramolecular Hbond substituents is 4. The maximum absolute atomic E-state index is 11.0. The molecule has 1 aliphatic rings. The maximum Gasteiger partial charge on any atom is 0.170 e. The normalized spacial score (nSPS) is 13.7. The van der Waals surface area contributed by atoms with Crippen LogP contribution < -0.4 is 0 Å². The van der Waals surface area contributed by atoms with Crippen LogP contribution in [0.3, 0.4) is 0 Å². The van der Waals surface area contributed by atoms with Gasteiger partial charge in [0, 0.05) is 5.56 Å². The van der Waals surface area contributed by atoms with E-state index < -0.39 is 23.0 Å². The number of hydrogen-bond acceptors (Lipinski definition) is 4. The first-order chi connectivity index (χ1) is 14.6. The molecule has 0 spiro atoms. The molecular formula is C26H20O4. The Hall–Kier alpha value is -3.92. The van der Waals surface area contributed by atoms with E-state index in [0.717, 1.165) is 34.4 Å². The van der Waals surface area contributed by atoms with Crippen molar-refractivity contribution in [2.75, 3.05) is 0 Å². The zero-order chi connectivity index (χ0) is 20.8. The minimum atomic E-state index is -0.457. The van der Waals surface area contributed by atoms with Crippen molar-refractivity contribution in [3.8, 4) is 34.1 Å². The standard InChI is InChI=1S/C26H20O4/c27-23-20(15-8-2-1-3-9-15)24(28)26(30)22(25(23)29)21-18-12-6-4-10-16(18)14-17-11-5-7-13-19(17)21/h2,4-14,27-30H,1,3H2. The molecule has 0 heterocycles. The summed E-state index contributed by atoms with van der Waals surface area (Å²) in [5.74, 6) is -1.81. The highest BCUT2D eigenvalue weighted by atomic mass is 16.3. The van der Waals surface area contributed by atoms with Gasteiger partial charge in [0.1, 0.15) is 0 Å². The number of fused-ring (bicyclic) bond motifs is 2. The zero-order valence-corrected chi connectivity index (χ0v) is 16.1. The lowest BCUT2D eigenvalue weighted by atomic mass is 9.88. The fourth-order valence-corrected chi connectivity index (χ4v) is 4.29. The first-order valence-electron chi connectivity index (χ1n) is 9.85. The summed E-state index contributed by atoms with van der Waals surface area (Å²) in [5.41, 5.74) is 1.18. The highest BCUT2D eigenvalue weighted by molar-refractivity contribution is 6.15. The summed E-state index contributed by atoms with van der Waals surface area (Å²) in [6.07, 6.45) is 7.17. The summed E-state index contributed by atoms with van der Waals surface area (Å²) in [4.78, 5) is 0. The average molecular weight is 396 g/mol. The quantitative estimate of drug-likeness (QED) is 0.184. The zero-order valence-electron chi connectivity index (χ0n) is 16.1. The smallest absolute Gasteiger partial charge is 0.170 e. The molecule has 30 heavy (non-hydrogen) atoms. The van der Waals surface area contributed by atoms with Gasteiger partial charge in [0.05, 0.1) is 11.1 Å². The Kier molecular flexibility index (Phi) is 4.14. The Labute approximate surface area is 173 Å². The molecule has 148 valence electrons. The van der Waals surface area contributed by atoms with Crippen LogP contribution in [0.4, 0.5) is 0 Å². The molecule has 4 N–H and O–H groups in total. The first kappa shape index (κ1) is 18.1. The topological polar surface area (TPSA) is 80.9 Å². The molecule has 4 aromatic rings. The van der Waals surface area contributed by atoms with Crippen molar-refractivity contribution in [3.05, 3.63) is 78.4 Å². The molecule has 5 rings (SSSR count). The van der Waals surface area contributed by atoms with Gasteiger partial charge < -0.3 is 20.4 Å². The van der Waals surface area contributed by atoms with Crippen LogP contribution in [0, 0.1) is 0 Å². The molecule has 0 fully saturated rings. The van der Waals surface area contributed by atoms with E-state index in [1.165, 1.54) is 0 Å². The number of hydrogen-bond donors (Lipinski definition) is 4. The monoisotopic (exact) mass is 396 g/mol. The van der Waals surface area contributed by atoms with Gasteiger partial charge in [-0.3, -0.25) is 0 Å². The van der Waals surface area contributed by atoms with Gasteiger partial charge in [-0.15, -0.1) is 0 Å². The van der Waals surface area contributed by atoms with E-state index in [4.69, 9.17) is 0 Å². The van der Waals surface area contributed by atoms with Gasteiger partial charge in [0.25, 0.3) is 0 Å². The highest BCUT2D eigenvalue weighted by Crippen LogP contribution is 2.55. The van der Waals surface area contributed by atoms with Crippen LogP contribution in [0.5, 0.6) is 23.0 Å². The molecule has 0 amide bonds. The van der Waals surface area contributed by atoms with Crippen LogP contribution in [-0.4, -0.2) is 20.4 Å². The van der Waals surface area contributed by atoms with Gasteiger partial charge in [0.2, 0.25) is 0 Å². The Morgan fingerprint density at radius 2 is 1.10 bits per heavy atom. The van der Waals surface area contributed by atoms with Gasteiger partial charge in [-0.2, -0.15) is 0 Å². The summed E-state index contributed by atoms with van der Waals surface area (Å²) in [6, 6.07) is 17.3. The Morgan fingerprint density at radius 1 is 0.567 bits per heavy atom. The van der Waals surface area contributed by atoms with Crippen LogP contribution in [-0.2, 0) is 0 Å². The second-order valence-corrected chi connectivity index (χ2v) is 7.48. The molecule has 0 saturated carbocycles. The van der Waals surface area contributed by atoms with Crippen LogP contribution in [0.15, 0.2) is 72.8 Å². The second kappa shape index (κ2) is 6.85. The number of allylic oxidation sites excluding steroid dienone is 4. The van der Waals surface area contributed by atoms with Crippen LogP contribution in [0.1, 0.15) is 18.4 Å². The van der Waals surface area contributed by atoms with Crippen LogP contribution >= 0.6 is 0 Å². The third kappa shape index (κ3) is 2.61. The number of rotatable bonds is 2. The minimum Gasteiger partial charge on any atom is -0.504 e. The van der Waals surface area contributed by atoms with E-state index in [2.05, 4.69) is 0 Å². The molecule has 0 aliphatic heterocycles. The molecule has 0 bridgehead atoms. The van der Waals surface area contributed by atoms with Gasteiger partial charge in [-0.25, -0.2) is 0 Å². The summed E-state index contributed by atoms with van der Waals surface area (Å²) < 4.78 is 0. The molecule has 0 radical (unpaired) electrons. The fourth-order valence-electron chi connectivity index (χ4n) is 4.29. The molecule has 1 aliphatic carbocycles. The summed E-state index contributed by atoms with van der Waals surface area (Å²) in [6.45, 7) is 0. The predicted molar refractivity (Wildman–Crippen MR) is 120 cm³/mol. The highest BCUT2D eigenvalue weighted by Gasteiger charge is 2.28. The number of benzene rings is 4. The van der Waals surface area contributed by atoms with Crippen molar-refractivity contribution in [2.24, 2.45) is 0 Å². The molecule has 4 nitrogen and oxygen atoms in total. The van der Waals surface area contributed by atoms with Gasteiger partial charge in [0.15, 0.2) is 23.0 Å². The van der Waals surface area contributed by atoms with E-state index >= 15 is 0 Å². The van der Waals surface area contributed by atoms with E-state index in [9.17, 15) is 20.4 Å². The lowest BCUT2D eigenvalue weighted by Gasteiger charge is -2.19. The van der Waals surface area contributed by atoms with Gasteiger partial charge in [-0.1, -0.05) is 66.8 Å². The van der Waals surface area contributed by atoms with Crippen molar-refractivity contribution in [3.63, 3.8) is 0 Å². The number of aromatic hydroxyl groups is 4. The first-order valence-corrected chi connectivity index (χ1v) is 9.85. The Bertz CT molecular complexity index is 1300. The molecular weight excluding hydrogens is 376 g/mol. The lowest BCUT2D eigenvalue weighted by Crippen LogP contribution is -1.93.